The molecule has 0 aromatic heterocycles. The second-order valence-electron chi connectivity index (χ2n) is 11.4. The number of rotatable bonds is 14. The summed E-state index contributed by atoms with van der Waals surface area (Å²) in [6.07, 6.45) is 0.842. The van der Waals surface area contributed by atoms with Crippen molar-refractivity contribution in [3.63, 3.8) is 0 Å². The van der Waals surface area contributed by atoms with E-state index in [2.05, 4.69) is 75.9 Å². The smallest absolute Gasteiger partial charge is 0.261 e. The first-order valence-electron chi connectivity index (χ1n) is 14.2. The lowest BCUT2D eigenvalue weighted by Crippen LogP contribution is -2.68. The minimum absolute atomic E-state index is 0.0118. The fourth-order valence-corrected chi connectivity index (χ4v) is 9.84. The molecule has 0 saturated carbocycles. The normalized spacial score (nSPS) is 14.2. The highest BCUT2D eigenvalue weighted by molar-refractivity contribution is 6.99. The summed E-state index contributed by atoms with van der Waals surface area (Å²) in [5.41, 5.74) is 0.568. The minimum atomic E-state index is -2.90. The maximum absolute atomic E-state index is 12.2. The van der Waals surface area contributed by atoms with Crippen LogP contribution in [0, 0.1) is 0 Å². The minimum Gasteiger partial charge on any atom is -0.404 e. The summed E-state index contributed by atoms with van der Waals surface area (Å²) in [7, 11) is -2.90. The monoisotopic (exact) mass is 566 g/mol. The van der Waals surface area contributed by atoms with Gasteiger partial charge in [-0.15, -0.1) is 6.58 Å². The number of hydrogen-bond acceptors (Lipinski definition) is 4. The molecule has 0 aliphatic carbocycles. The van der Waals surface area contributed by atoms with Gasteiger partial charge in [0.15, 0.2) is 0 Å². The second kappa shape index (κ2) is 14.0. The maximum Gasteiger partial charge on any atom is 0.261 e. The lowest BCUT2D eigenvalue weighted by Gasteiger charge is -2.45. The molecule has 0 radical (unpaired) electrons. The van der Waals surface area contributed by atoms with Gasteiger partial charge >= 0.3 is 0 Å². The van der Waals surface area contributed by atoms with E-state index in [1.807, 2.05) is 72.8 Å². The zero-order chi connectivity index (χ0) is 29.2. The fourth-order valence-electron chi connectivity index (χ4n) is 5.23. The van der Waals surface area contributed by atoms with Gasteiger partial charge in [0.25, 0.3) is 8.32 Å². The predicted molar refractivity (Wildman–Crippen MR) is 170 cm³/mol. The summed E-state index contributed by atoms with van der Waals surface area (Å²) in [4.78, 5) is 0. The van der Waals surface area contributed by atoms with Crippen LogP contribution in [-0.2, 0) is 27.1 Å². The highest BCUT2D eigenvalue weighted by Crippen LogP contribution is 2.37. The van der Waals surface area contributed by atoms with Crippen molar-refractivity contribution >= 4 is 18.7 Å². The molecule has 4 nitrogen and oxygen atoms in total. The number of benzene rings is 4. The molecule has 0 fully saturated rings. The molecule has 4 aromatic rings. The van der Waals surface area contributed by atoms with Gasteiger partial charge in [-0.05, 0) is 26.5 Å². The van der Waals surface area contributed by atoms with Gasteiger partial charge in [-0.1, -0.05) is 148 Å². The van der Waals surface area contributed by atoms with Crippen LogP contribution in [0.5, 0.6) is 0 Å². The summed E-state index contributed by atoms with van der Waals surface area (Å²) < 4.78 is 19.6. The van der Waals surface area contributed by atoms with Crippen LogP contribution in [0.1, 0.15) is 31.9 Å². The van der Waals surface area contributed by atoms with E-state index in [1.54, 1.807) is 6.08 Å². The van der Waals surface area contributed by atoms with Gasteiger partial charge in [-0.3, -0.25) is 0 Å². The molecule has 5 heteroatoms. The van der Waals surface area contributed by atoms with Crippen LogP contribution in [0.4, 0.5) is 0 Å². The molecule has 0 saturated heterocycles. The van der Waals surface area contributed by atoms with E-state index in [9.17, 15) is 5.11 Å². The Morgan fingerprint density at radius 2 is 1.15 bits per heavy atom. The van der Waals surface area contributed by atoms with Crippen LogP contribution in [0.3, 0.4) is 0 Å². The van der Waals surface area contributed by atoms with E-state index in [-0.39, 0.29) is 18.3 Å². The average molecular weight is 567 g/mol. The Morgan fingerprint density at radius 3 is 1.59 bits per heavy atom. The predicted octanol–water partition coefficient (Wildman–Crippen LogP) is 6.28. The molecule has 4 rings (SSSR count). The van der Waals surface area contributed by atoms with E-state index in [0.717, 1.165) is 21.5 Å². The molecule has 0 unspecified atom stereocenters. The zero-order valence-electron chi connectivity index (χ0n) is 24.4. The van der Waals surface area contributed by atoms with Crippen molar-refractivity contribution in [2.75, 3.05) is 13.2 Å². The van der Waals surface area contributed by atoms with E-state index >= 15 is 0 Å². The van der Waals surface area contributed by atoms with Crippen molar-refractivity contribution in [3.8, 4) is 0 Å². The molecule has 0 bridgehead atoms. The Bertz CT molecular complexity index is 1280. The maximum atomic E-state index is 12.2. The molecule has 0 amide bonds. The first-order valence-corrected chi connectivity index (χ1v) is 16.1. The van der Waals surface area contributed by atoms with Gasteiger partial charge < -0.3 is 19.0 Å². The molecular formula is C36H42O4Si. The Balaban J connectivity index is 1.65. The van der Waals surface area contributed by atoms with E-state index in [0.29, 0.717) is 13.2 Å². The standard InChI is InChI=1S/C36H42O4Si/c1-5-36(37,34(39-27-31-20-12-7-13-21-31)28-38-26-30-18-10-6-11-19-30)29-40-41(35(2,3)4,32-22-14-8-15-23-32)33-24-16-9-17-25-33/h5-25,34,37H,1,26-29H2,2-4H3/t34-,36+/m0/s1. The van der Waals surface area contributed by atoms with Gasteiger partial charge in [0.05, 0.1) is 26.4 Å². The van der Waals surface area contributed by atoms with Gasteiger partial charge in [0, 0.05) is 0 Å². The van der Waals surface area contributed by atoms with Crippen LogP contribution in [0.2, 0.25) is 5.04 Å². The van der Waals surface area contributed by atoms with Crippen LogP contribution in [0.15, 0.2) is 134 Å². The molecular weight excluding hydrogens is 524 g/mol. The molecule has 0 spiro atoms. The largest absolute Gasteiger partial charge is 0.404 e. The SMILES string of the molecule is C=C[C@@](O)(CO[Si](c1ccccc1)(c1ccccc1)C(C)(C)C)[C@H](COCc1ccccc1)OCc1ccccc1. The summed E-state index contributed by atoms with van der Waals surface area (Å²) >= 11 is 0. The van der Waals surface area contributed by atoms with Gasteiger partial charge in [0.1, 0.15) is 11.7 Å². The molecule has 0 aliphatic rings. The Morgan fingerprint density at radius 1 is 0.707 bits per heavy atom. The molecule has 1 N–H and O–H groups in total. The quantitative estimate of drug-likeness (QED) is 0.144. The number of hydrogen-bond donors (Lipinski definition) is 1. The topological polar surface area (TPSA) is 47.9 Å². The first kappa shape index (κ1) is 30.6. The summed E-state index contributed by atoms with van der Waals surface area (Å²) in [6.45, 7) is 11.6. The molecule has 214 valence electrons. The van der Waals surface area contributed by atoms with Crippen LogP contribution < -0.4 is 10.4 Å². The molecule has 41 heavy (non-hydrogen) atoms. The van der Waals surface area contributed by atoms with Crippen LogP contribution in [-0.4, -0.2) is 38.3 Å². The van der Waals surface area contributed by atoms with Crippen molar-refractivity contribution in [2.45, 2.75) is 50.7 Å². The van der Waals surface area contributed by atoms with E-state index in [4.69, 9.17) is 13.9 Å². The highest BCUT2D eigenvalue weighted by Gasteiger charge is 2.52. The van der Waals surface area contributed by atoms with E-state index < -0.39 is 20.0 Å². The van der Waals surface area contributed by atoms with Crippen LogP contribution in [0.25, 0.3) is 0 Å². The Hall–Kier alpha value is -3.32. The molecule has 0 heterocycles. The lowest BCUT2D eigenvalue weighted by atomic mass is 9.98. The lowest BCUT2D eigenvalue weighted by molar-refractivity contribution is -0.135. The molecule has 2 atom stereocenters. The molecule has 4 aromatic carbocycles. The van der Waals surface area contributed by atoms with Crippen molar-refractivity contribution < 1.29 is 19.0 Å². The van der Waals surface area contributed by atoms with Crippen LogP contribution >= 0.6 is 0 Å². The Labute approximate surface area is 246 Å². The third-order valence-corrected chi connectivity index (χ3v) is 12.5. The highest BCUT2D eigenvalue weighted by atomic mass is 28.4. The van der Waals surface area contributed by atoms with Crippen molar-refractivity contribution in [3.05, 3.63) is 145 Å². The number of ether oxygens (including phenoxy) is 2. The zero-order valence-corrected chi connectivity index (χ0v) is 25.4. The van der Waals surface area contributed by atoms with E-state index in [1.165, 1.54) is 0 Å². The Kier molecular flexibility index (Phi) is 10.5. The second-order valence-corrected chi connectivity index (χ2v) is 15.7. The van der Waals surface area contributed by atoms with Crippen molar-refractivity contribution in [1.82, 2.24) is 0 Å². The number of aliphatic hydroxyl groups is 1. The van der Waals surface area contributed by atoms with Gasteiger partial charge in [-0.25, -0.2) is 0 Å². The van der Waals surface area contributed by atoms with Crippen molar-refractivity contribution in [2.24, 2.45) is 0 Å². The van der Waals surface area contributed by atoms with Crippen molar-refractivity contribution in [1.29, 1.82) is 0 Å². The van der Waals surface area contributed by atoms with Gasteiger partial charge in [-0.2, -0.15) is 0 Å². The first-order chi connectivity index (χ1) is 19.8. The average Bonchev–Trinajstić information content (AvgIpc) is 3.00. The summed E-state index contributed by atoms with van der Waals surface area (Å²) in [6, 6.07) is 40.8. The third kappa shape index (κ3) is 7.50. The van der Waals surface area contributed by atoms with Gasteiger partial charge in [0.2, 0.25) is 0 Å². The third-order valence-electron chi connectivity index (χ3n) is 7.52. The summed E-state index contributed by atoms with van der Waals surface area (Å²) in [5, 5.41) is 14.2. The fraction of sp³-hybridized carbons (Fsp3) is 0.278. The summed E-state index contributed by atoms with van der Waals surface area (Å²) in [5.74, 6) is 0. The molecule has 0 aliphatic heterocycles.